The lowest BCUT2D eigenvalue weighted by Gasteiger charge is -2.15. The van der Waals surface area contributed by atoms with E-state index in [9.17, 15) is 22.0 Å². The Bertz CT molecular complexity index is 1310. The molecule has 1 N–H and O–H groups in total. The molecule has 0 saturated carbocycles. The molecule has 0 heterocycles. The van der Waals surface area contributed by atoms with Gasteiger partial charge in [0.25, 0.3) is 0 Å². The van der Waals surface area contributed by atoms with E-state index < -0.39 is 27.6 Å². The summed E-state index contributed by atoms with van der Waals surface area (Å²) in [4.78, 5) is 12.9. The largest absolute Gasteiger partial charge is 0.299 e. The highest BCUT2D eigenvalue weighted by atomic mass is 35.5. The molecule has 3 aromatic carbocycles. The molecule has 1 atom stereocenters. The topological polar surface area (TPSA) is 63.2 Å². The molecule has 174 valence electrons. The maximum Gasteiger partial charge on any atom is 0.229 e. The third-order valence-electron chi connectivity index (χ3n) is 5.41. The van der Waals surface area contributed by atoms with Gasteiger partial charge in [0.2, 0.25) is 10.0 Å². The third kappa shape index (κ3) is 6.39. The maximum absolute atomic E-state index is 14.3. The molecule has 0 aliphatic rings. The first kappa shape index (κ1) is 24.9. The first-order chi connectivity index (χ1) is 15.4. The Morgan fingerprint density at radius 2 is 1.76 bits per heavy atom. The minimum atomic E-state index is -3.61. The van der Waals surface area contributed by atoms with Gasteiger partial charge in [-0.05, 0) is 59.9 Å². The van der Waals surface area contributed by atoms with Crippen LogP contribution in [0.1, 0.15) is 36.0 Å². The molecule has 8 heteroatoms. The third-order valence-corrected chi connectivity index (χ3v) is 6.29. The van der Waals surface area contributed by atoms with E-state index in [0.717, 1.165) is 28.5 Å². The molecule has 0 saturated heterocycles. The molecule has 0 aliphatic carbocycles. The SMILES string of the molecule is Cc1ccc(CCC(=O)C(C)c2ccc(NS(C)(=O)=O)c(F)c2)c(-c2ccc(F)c(Cl)c2)c1. The Morgan fingerprint density at radius 1 is 1.03 bits per heavy atom. The number of nitrogens with one attached hydrogen (secondary N) is 1. The number of hydrogen-bond acceptors (Lipinski definition) is 3. The summed E-state index contributed by atoms with van der Waals surface area (Å²) in [5, 5.41) is 0.0282. The molecule has 3 aromatic rings. The van der Waals surface area contributed by atoms with Crippen LogP contribution in [0.2, 0.25) is 5.02 Å². The lowest BCUT2D eigenvalue weighted by atomic mass is 9.90. The van der Waals surface area contributed by atoms with Crippen molar-refractivity contribution in [1.82, 2.24) is 0 Å². The number of aryl methyl sites for hydroxylation is 2. The van der Waals surface area contributed by atoms with Crippen molar-refractivity contribution in [2.45, 2.75) is 32.6 Å². The molecule has 3 rings (SSSR count). The Kier molecular flexibility index (Phi) is 7.55. The number of Topliss-reactive ketones (excluding diaryl/α,β-unsaturated/α-hetero) is 1. The first-order valence-electron chi connectivity index (χ1n) is 10.3. The monoisotopic (exact) mass is 491 g/mol. The van der Waals surface area contributed by atoms with E-state index >= 15 is 0 Å². The van der Waals surface area contributed by atoms with Gasteiger partial charge in [0.15, 0.2) is 0 Å². The molecule has 1 unspecified atom stereocenters. The molecule has 0 spiro atoms. The van der Waals surface area contributed by atoms with E-state index in [2.05, 4.69) is 4.72 Å². The molecular formula is C25H24ClF2NO3S. The zero-order valence-corrected chi connectivity index (χ0v) is 20.0. The highest BCUT2D eigenvalue weighted by Crippen LogP contribution is 2.30. The van der Waals surface area contributed by atoms with Crippen LogP contribution >= 0.6 is 11.6 Å². The van der Waals surface area contributed by atoms with Crippen LogP contribution in [0.25, 0.3) is 11.1 Å². The molecule has 33 heavy (non-hydrogen) atoms. The lowest BCUT2D eigenvalue weighted by molar-refractivity contribution is -0.120. The summed E-state index contributed by atoms with van der Waals surface area (Å²) in [5.41, 5.74) is 3.88. The van der Waals surface area contributed by atoms with Gasteiger partial charge in [0.05, 0.1) is 17.0 Å². The number of ketones is 1. The molecule has 0 aromatic heterocycles. The summed E-state index contributed by atoms with van der Waals surface area (Å²) in [6.45, 7) is 3.64. The van der Waals surface area contributed by atoms with Crippen LogP contribution < -0.4 is 4.72 Å². The molecule has 0 fully saturated rings. The summed E-state index contributed by atoms with van der Waals surface area (Å²) in [6, 6.07) is 14.4. The van der Waals surface area contributed by atoms with Crippen molar-refractivity contribution in [2.24, 2.45) is 0 Å². The molecular weight excluding hydrogens is 468 g/mol. The second kappa shape index (κ2) is 10.0. The van der Waals surface area contributed by atoms with Crippen molar-refractivity contribution >= 4 is 33.1 Å². The van der Waals surface area contributed by atoms with Gasteiger partial charge in [-0.2, -0.15) is 0 Å². The second-order valence-electron chi connectivity index (χ2n) is 8.09. The van der Waals surface area contributed by atoms with Gasteiger partial charge in [0.1, 0.15) is 17.4 Å². The van der Waals surface area contributed by atoms with Gasteiger partial charge in [0, 0.05) is 12.3 Å². The van der Waals surface area contributed by atoms with E-state index in [1.165, 1.54) is 24.3 Å². The van der Waals surface area contributed by atoms with E-state index in [4.69, 9.17) is 11.6 Å². The minimum absolute atomic E-state index is 0.0282. The zero-order chi connectivity index (χ0) is 24.3. The van der Waals surface area contributed by atoms with Crippen LogP contribution in [0.15, 0.2) is 54.6 Å². The number of halogens is 3. The van der Waals surface area contributed by atoms with Crippen LogP contribution in [0.4, 0.5) is 14.5 Å². The van der Waals surface area contributed by atoms with E-state index in [-0.39, 0.29) is 22.9 Å². The van der Waals surface area contributed by atoms with Crippen molar-refractivity contribution in [2.75, 3.05) is 11.0 Å². The Morgan fingerprint density at radius 3 is 2.39 bits per heavy atom. The summed E-state index contributed by atoms with van der Waals surface area (Å²) in [7, 11) is -3.61. The Labute approximate surface area is 197 Å². The molecule has 0 aliphatic heterocycles. The number of rotatable bonds is 8. The number of benzene rings is 3. The van der Waals surface area contributed by atoms with Crippen molar-refractivity contribution in [1.29, 1.82) is 0 Å². The standard InChI is InChI=1S/C25H24ClF2NO3S/c1-15-4-5-17(20(12-15)19-6-9-22(27)21(26)13-19)8-11-25(30)16(2)18-7-10-24(23(28)14-18)29-33(3,31)32/h4-7,9-10,12-14,16,29H,8,11H2,1-3H3. The Balaban J connectivity index is 1.77. The van der Waals surface area contributed by atoms with Crippen molar-refractivity contribution in [3.8, 4) is 11.1 Å². The van der Waals surface area contributed by atoms with E-state index in [1.54, 1.807) is 19.1 Å². The van der Waals surface area contributed by atoms with Gasteiger partial charge in [-0.15, -0.1) is 0 Å². The minimum Gasteiger partial charge on any atom is -0.299 e. The fraction of sp³-hybridized carbons (Fsp3) is 0.240. The molecule has 0 bridgehead atoms. The molecule has 4 nitrogen and oxygen atoms in total. The van der Waals surface area contributed by atoms with Gasteiger partial charge in [-0.3, -0.25) is 9.52 Å². The predicted molar refractivity (Wildman–Crippen MR) is 128 cm³/mol. The van der Waals surface area contributed by atoms with Gasteiger partial charge < -0.3 is 0 Å². The number of hydrogen-bond donors (Lipinski definition) is 1. The van der Waals surface area contributed by atoms with Gasteiger partial charge >= 0.3 is 0 Å². The van der Waals surface area contributed by atoms with Crippen LogP contribution in [0.3, 0.4) is 0 Å². The fourth-order valence-corrected chi connectivity index (χ4v) is 4.33. The quantitative estimate of drug-likeness (QED) is 0.404. The summed E-state index contributed by atoms with van der Waals surface area (Å²) < 4.78 is 52.7. The predicted octanol–water partition coefficient (Wildman–Crippen LogP) is 6.27. The van der Waals surface area contributed by atoms with Crippen molar-refractivity contribution < 1.29 is 22.0 Å². The summed E-state index contributed by atoms with van der Waals surface area (Å²) >= 11 is 5.95. The molecule has 0 amide bonds. The second-order valence-corrected chi connectivity index (χ2v) is 10.2. The number of carbonyl (C=O) groups excluding carboxylic acids is 1. The first-order valence-corrected chi connectivity index (χ1v) is 12.6. The van der Waals surface area contributed by atoms with Crippen LogP contribution in [0, 0.1) is 18.6 Å². The zero-order valence-electron chi connectivity index (χ0n) is 18.5. The maximum atomic E-state index is 14.3. The number of anilines is 1. The van der Waals surface area contributed by atoms with Crippen LogP contribution in [-0.2, 0) is 21.2 Å². The number of sulfonamides is 1. The van der Waals surface area contributed by atoms with Crippen molar-refractivity contribution in [3.63, 3.8) is 0 Å². The highest BCUT2D eigenvalue weighted by molar-refractivity contribution is 7.92. The highest BCUT2D eigenvalue weighted by Gasteiger charge is 2.19. The average Bonchev–Trinajstić information content (AvgIpc) is 2.74. The number of carbonyl (C=O) groups is 1. The summed E-state index contributed by atoms with van der Waals surface area (Å²) in [6.07, 6.45) is 1.60. The Hall–Kier alpha value is -2.77. The van der Waals surface area contributed by atoms with Gasteiger partial charge in [-0.25, -0.2) is 17.2 Å². The average molecular weight is 492 g/mol. The lowest BCUT2D eigenvalue weighted by Crippen LogP contribution is -2.13. The van der Waals surface area contributed by atoms with Gasteiger partial charge in [-0.1, -0.05) is 54.4 Å². The fourth-order valence-electron chi connectivity index (χ4n) is 3.58. The summed E-state index contributed by atoms with van der Waals surface area (Å²) in [5.74, 6) is -1.89. The smallest absolute Gasteiger partial charge is 0.229 e. The van der Waals surface area contributed by atoms with Crippen molar-refractivity contribution in [3.05, 3.63) is 87.9 Å². The normalized spacial score (nSPS) is 12.4. The molecule has 0 radical (unpaired) electrons. The van der Waals surface area contributed by atoms with Crippen LogP contribution in [0.5, 0.6) is 0 Å². The van der Waals surface area contributed by atoms with E-state index in [0.29, 0.717) is 12.0 Å². The van der Waals surface area contributed by atoms with E-state index in [1.807, 2.05) is 25.1 Å². The van der Waals surface area contributed by atoms with Crippen LogP contribution in [-0.4, -0.2) is 20.5 Å².